The first-order chi connectivity index (χ1) is 8.49. The SMILES string of the molecule is CCCCC[N+]#N.O=S(=O)(O)Cc1ccccc1. The summed E-state index contributed by atoms with van der Waals surface area (Å²) in [4.78, 5) is 2.97. The second-order valence-corrected chi connectivity index (χ2v) is 5.24. The largest absolute Gasteiger partial charge is 0.305 e. The zero-order chi connectivity index (χ0) is 13.9. The van der Waals surface area contributed by atoms with Crippen molar-refractivity contribution in [2.45, 2.75) is 31.9 Å². The first kappa shape index (κ1) is 16.6. The number of diazo groups is 1. The van der Waals surface area contributed by atoms with Crippen LogP contribution in [0.4, 0.5) is 0 Å². The molecule has 0 aliphatic rings. The van der Waals surface area contributed by atoms with Gasteiger partial charge in [0.1, 0.15) is 10.7 Å². The summed E-state index contributed by atoms with van der Waals surface area (Å²) in [7, 11) is -3.88. The monoisotopic (exact) mass is 271 g/mol. The molecule has 1 rings (SSSR count). The third kappa shape index (κ3) is 11.0. The first-order valence-corrected chi connectivity index (χ1v) is 7.40. The molecule has 0 unspecified atom stereocenters. The molecule has 0 amide bonds. The van der Waals surface area contributed by atoms with Crippen molar-refractivity contribution >= 4 is 10.1 Å². The van der Waals surface area contributed by atoms with Crippen LogP contribution < -0.4 is 0 Å². The fourth-order valence-electron chi connectivity index (χ4n) is 1.22. The van der Waals surface area contributed by atoms with Crippen molar-refractivity contribution in [2.75, 3.05) is 6.54 Å². The van der Waals surface area contributed by atoms with Gasteiger partial charge in [0.15, 0.2) is 0 Å². The predicted octanol–water partition coefficient (Wildman–Crippen LogP) is 3.10. The van der Waals surface area contributed by atoms with E-state index in [0.29, 0.717) is 12.1 Å². The number of hydrogen-bond donors (Lipinski definition) is 1. The Morgan fingerprint density at radius 2 is 1.83 bits per heavy atom. The van der Waals surface area contributed by atoms with Gasteiger partial charge in [-0.05, 0) is 12.0 Å². The van der Waals surface area contributed by atoms with Gasteiger partial charge in [-0.15, -0.1) is 0 Å². The topological polar surface area (TPSA) is 82.5 Å². The Kier molecular flexibility index (Phi) is 8.80. The highest BCUT2D eigenvalue weighted by molar-refractivity contribution is 7.85. The molecule has 6 heteroatoms. The fourth-order valence-corrected chi connectivity index (χ4v) is 1.83. The van der Waals surface area contributed by atoms with Gasteiger partial charge in [0.2, 0.25) is 5.39 Å². The second-order valence-electron chi connectivity index (χ2n) is 3.78. The van der Waals surface area contributed by atoms with Crippen LogP contribution in [0.3, 0.4) is 0 Å². The van der Waals surface area contributed by atoms with Gasteiger partial charge < -0.3 is 0 Å². The molecule has 0 bridgehead atoms. The molecule has 0 spiro atoms. The minimum atomic E-state index is -3.88. The predicted molar refractivity (Wildman–Crippen MR) is 71.2 cm³/mol. The molecule has 18 heavy (non-hydrogen) atoms. The zero-order valence-electron chi connectivity index (χ0n) is 10.5. The van der Waals surface area contributed by atoms with Gasteiger partial charge in [0.05, 0.1) is 0 Å². The van der Waals surface area contributed by atoms with Gasteiger partial charge >= 0.3 is 6.54 Å². The molecule has 0 radical (unpaired) electrons. The number of rotatable bonds is 5. The lowest BCUT2D eigenvalue weighted by Crippen LogP contribution is -2.00. The maximum Gasteiger partial charge on any atom is 0.305 e. The van der Waals surface area contributed by atoms with E-state index in [2.05, 4.69) is 11.9 Å². The normalized spacial score (nSPS) is 10.1. The van der Waals surface area contributed by atoms with E-state index >= 15 is 0 Å². The fraction of sp³-hybridized carbons (Fsp3) is 0.500. The van der Waals surface area contributed by atoms with Crippen molar-refractivity contribution < 1.29 is 13.0 Å². The van der Waals surface area contributed by atoms with Crippen LogP contribution in [0.2, 0.25) is 0 Å². The van der Waals surface area contributed by atoms with E-state index in [0.717, 1.165) is 6.42 Å². The molecule has 0 heterocycles. The van der Waals surface area contributed by atoms with Crippen LogP contribution in [0.5, 0.6) is 0 Å². The molecule has 1 N–H and O–H groups in total. The Morgan fingerprint density at radius 3 is 2.28 bits per heavy atom. The van der Waals surface area contributed by atoms with E-state index < -0.39 is 10.1 Å². The van der Waals surface area contributed by atoms with Crippen LogP contribution in [-0.2, 0) is 15.9 Å². The van der Waals surface area contributed by atoms with Crippen LogP contribution in [0.25, 0.3) is 4.98 Å². The number of nitrogens with zero attached hydrogens (tertiary/aromatic N) is 2. The summed E-state index contributed by atoms with van der Waals surface area (Å²) in [6.07, 6.45) is 3.38. The highest BCUT2D eigenvalue weighted by atomic mass is 32.2. The molecule has 0 aliphatic carbocycles. The molecule has 0 atom stereocenters. The molecule has 1 aromatic carbocycles. The molecular formula is C12H19N2O3S+. The number of unbranched alkanes of at least 4 members (excludes halogenated alkanes) is 2. The Bertz CT molecular complexity index is 452. The Balaban J connectivity index is 0.000000360. The van der Waals surface area contributed by atoms with Gasteiger partial charge in [-0.2, -0.15) is 8.42 Å². The molecule has 1 aromatic rings. The Labute approximate surface area is 108 Å². The summed E-state index contributed by atoms with van der Waals surface area (Å²) in [5, 5.41) is 7.92. The standard InChI is InChI=1S/C7H8O3S.C5H11N2/c8-11(9,10)6-7-4-2-1-3-5-7;1-2-3-4-5-7-6/h1-5H,6H2,(H,8,9,10);2-5H2,1H3/q;+1. The summed E-state index contributed by atoms with van der Waals surface area (Å²) >= 11 is 0. The van der Waals surface area contributed by atoms with Gasteiger partial charge in [0, 0.05) is 6.42 Å². The maximum absolute atomic E-state index is 10.4. The molecule has 0 saturated carbocycles. The van der Waals surface area contributed by atoms with E-state index in [1.807, 2.05) is 0 Å². The summed E-state index contributed by atoms with van der Waals surface area (Å²) in [6, 6.07) is 8.52. The van der Waals surface area contributed by atoms with Crippen LogP contribution in [0.1, 0.15) is 31.7 Å². The van der Waals surface area contributed by atoms with E-state index in [-0.39, 0.29) is 5.75 Å². The highest BCUT2D eigenvalue weighted by Crippen LogP contribution is 2.02. The zero-order valence-corrected chi connectivity index (χ0v) is 11.3. The average molecular weight is 271 g/mol. The maximum atomic E-state index is 10.4. The minimum absolute atomic E-state index is 0.312. The number of hydrogen-bond acceptors (Lipinski definition) is 3. The first-order valence-electron chi connectivity index (χ1n) is 5.79. The third-order valence-electron chi connectivity index (χ3n) is 2.05. The third-order valence-corrected chi connectivity index (χ3v) is 2.75. The van der Waals surface area contributed by atoms with E-state index in [4.69, 9.17) is 9.95 Å². The minimum Gasteiger partial charge on any atom is -0.285 e. The molecule has 0 saturated heterocycles. The molecule has 0 fully saturated rings. The average Bonchev–Trinajstić information content (AvgIpc) is 2.30. The van der Waals surface area contributed by atoms with Gasteiger partial charge in [-0.25, -0.2) is 0 Å². The van der Waals surface area contributed by atoms with Crippen molar-refractivity contribution in [3.05, 3.63) is 40.9 Å². The van der Waals surface area contributed by atoms with Gasteiger partial charge in [-0.3, -0.25) is 4.55 Å². The smallest absolute Gasteiger partial charge is 0.285 e. The molecule has 0 aromatic heterocycles. The van der Waals surface area contributed by atoms with E-state index in [1.54, 1.807) is 30.3 Å². The van der Waals surface area contributed by atoms with Crippen LogP contribution in [0.15, 0.2) is 30.3 Å². The van der Waals surface area contributed by atoms with Crippen molar-refractivity contribution in [3.63, 3.8) is 0 Å². The lowest BCUT2D eigenvalue weighted by molar-refractivity contribution is 0.482. The van der Waals surface area contributed by atoms with E-state index in [1.165, 1.54) is 12.8 Å². The summed E-state index contributed by atoms with van der Waals surface area (Å²) in [6.45, 7) is 2.73. The van der Waals surface area contributed by atoms with Crippen molar-refractivity contribution in [3.8, 4) is 0 Å². The lowest BCUT2D eigenvalue weighted by atomic mass is 10.2. The van der Waals surface area contributed by atoms with E-state index in [9.17, 15) is 8.42 Å². The molecular weight excluding hydrogens is 252 g/mol. The Hall–Kier alpha value is -1.45. The molecule has 5 nitrogen and oxygen atoms in total. The van der Waals surface area contributed by atoms with Crippen molar-refractivity contribution in [1.29, 1.82) is 5.39 Å². The van der Waals surface area contributed by atoms with Gasteiger partial charge in [0.25, 0.3) is 10.1 Å². The van der Waals surface area contributed by atoms with Crippen LogP contribution in [-0.4, -0.2) is 19.5 Å². The van der Waals surface area contributed by atoms with Crippen LogP contribution >= 0.6 is 0 Å². The molecule has 100 valence electrons. The lowest BCUT2D eigenvalue weighted by Gasteiger charge is -1.95. The highest BCUT2D eigenvalue weighted by Gasteiger charge is 2.04. The Morgan fingerprint density at radius 1 is 1.22 bits per heavy atom. The summed E-state index contributed by atoms with van der Waals surface area (Å²) < 4.78 is 29.2. The van der Waals surface area contributed by atoms with Crippen molar-refractivity contribution in [1.82, 2.24) is 0 Å². The quantitative estimate of drug-likeness (QED) is 0.506. The summed E-state index contributed by atoms with van der Waals surface area (Å²) in [5.74, 6) is -0.312. The second kappa shape index (κ2) is 9.57. The molecule has 0 aliphatic heterocycles. The van der Waals surface area contributed by atoms with Crippen molar-refractivity contribution in [2.24, 2.45) is 0 Å². The number of benzene rings is 1. The van der Waals surface area contributed by atoms with Gasteiger partial charge in [-0.1, -0.05) is 43.7 Å². The summed E-state index contributed by atoms with van der Waals surface area (Å²) in [5.41, 5.74) is 0.593. The van der Waals surface area contributed by atoms with Crippen LogP contribution in [0, 0.1) is 5.39 Å².